The van der Waals surface area contributed by atoms with Crippen molar-refractivity contribution in [1.29, 1.82) is 0 Å². The summed E-state index contributed by atoms with van der Waals surface area (Å²) < 4.78 is 5.26. The van der Waals surface area contributed by atoms with E-state index in [2.05, 4.69) is 52.7 Å². The van der Waals surface area contributed by atoms with Crippen LogP contribution in [0.15, 0.2) is 60.7 Å². The third-order valence-corrected chi connectivity index (χ3v) is 7.13. The standard InChI is InChI=1S/C28H33N3O2/c1-33-27-10-7-22(8-11-27)23-12-16-31(17-13-23)28(32)29-26-9-6-24-18-21(4-5-25(24)19-26)20-30-14-2-3-15-30/h4-11,18-19,23H,2-3,12-17,20H2,1H3,(H,29,32). The van der Waals surface area contributed by atoms with Crippen LogP contribution in [0.25, 0.3) is 10.8 Å². The van der Waals surface area contributed by atoms with Gasteiger partial charge in [-0.25, -0.2) is 4.79 Å². The molecule has 0 spiro atoms. The van der Waals surface area contributed by atoms with E-state index in [0.717, 1.165) is 49.3 Å². The van der Waals surface area contributed by atoms with Crippen LogP contribution in [0.1, 0.15) is 42.7 Å². The van der Waals surface area contributed by atoms with Gasteiger partial charge >= 0.3 is 6.03 Å². The molecule has 2 fully saturated rings. The third-order valence-electron chi connectivity index (χ3n) is 7.13. The van der Waals surface area contributed by atoms with Gasteiger partial charge in [-0.3, -0.25) is 4.90 Å². The lowest BCUT2D eigenvalue weighted by Crippen LogP contribution is -2.40. The van der Waals surface area contributed by atoms with Gasteiger partial charge in [-0.15, -0.1) is 0 Å². The van der Waals surface area contributed by atoms with E-state index in [1.54, 1.807) is 7.11 Å². The number of nitrogens with one attached hydrogen (secondary N) is 1. The number of nitrogens with zero attached hydrogens (tertiary/aromatic N) is 2. The maximum Gasteiger partial charge on any atom is 0.321 e. The van der Waals surface area contributed by atoms with Crippen molar-refractivity contribution in [2.75, 3.05) is 38.6 Å². The molecular weight excluding hydrogens is 410 g/mol. The van der Waals surface area contributed by atoms with E-state index in [-0.39, 0.29) is 6.03 Å². The predicted octanol–water partition coefficient (Wildman–Crippen LogP) is 5.86. The van der Waals surface area contributed by atoms with Crippen LogP contribution in [0, 0.1) is 0 Å². The highest BCUT2D eigenvalue weighted by Gasteiger charge is 2.24. The van der Waals surface area contributed by atoms with E-state index in [0.29, 0.717) is 5.92 Å². The second kappa shape index (κ2) is 9.84. The molecule has 2 amide bonds. The van der Waals surface area contributed by atoms with Crippen LogP contribution >= 0.6 is 0 Å². The number of hydrogen-bond acceptors (Lipinski definition) is 3. The second-order valence-corrected chi connectivity index (χ2v) is 9.34. The van der Waals surface area contributed by atoms with Crippen LogP contribution in [0.2, 0.25) is 0 Å². The molecule has 0 saturated carbocycles. The van der Waals surface area contributed by atoms with Crippen LogP contribution in [-0.2, 0) is 6.54 Å². The first kappa shape index (κ1) is 21.8. The maximum absolute atomic E-state index is 12.9. The molecule has 3 aromatic rings. The average Bonchev–Trinajstić information content (AvgIpc) is 3.37. The van der Waals surface area contributed by atoms with E-state index < -0.39 is 0 Å². The third kappa shape index (κ3) is 5.14. The molecule has 2 heterocycles. The fourth-order valence-corrected chi connectivity index (χ4v) is 5.16. The zero-order chi connectivity index (χ0) is 22.6. The Labute approximate surface area is 196 Å². The molecule has 0 atom stereocenters. The van der Waals surface area contributed by atoms with Crippen LogP contribution in [-0.4, -0.2) is 49.1 Å². The highest BCUT2D eigenvalue weighted by Crippen LogP contribution is 2.30. The summed E-state index contributed by atoms with van der Waals surface area (Å²) in [5, 5.41) is 5.50. The Morgan fingerprint density at radius 2 is 1.61 bits per heavy atom. The van der Waals surface area contributed by atoms with Crippen molar-refractivity contribution in [2.45, 2.75) is 38.1 Å². The van der Waals surface area contributed by atoms with Gasteiger partial charge in [-0.2, -0.15) is 0 Å². The molecule has 2 aliphatic heterocycles. The van der Waals surface area contributed by atoms with Gasteiger partial charge < -0.3 is 15.0 Å². The van der Waals surface area contributed by atoms with Gasteiger partial charge in [-0.1, -0.05) is 30.3 Å². The first-order valence-corrected chi connectivity index (χ1v) is 12.1. The Morgan fingerprint density at radius 3 is 2.33 bits per heavy atom. The smallest absolute Gasteiger partial charge is 0.321 e. The molecule has 5 rings (SSSR count). The lowest BCUT2D eigenvalue weighted by atomic mass is 9.89. The number of hydrogen-bond donors (Lipinski definition) is 1. The molecule has 172 valence electrons. The number of anilines is 1. The maximum atomic E-state index is 12.9. The fourth-order valence-electron chi connectivity index (χ4n) is 5.16. The van der Waals surface area contributed by atoms with Gasteiger partial charge in [0.15, 0.2) is 0 Å². The average molecular weight is 444 g/mol. The summed E-state index contributed by atoms with van der Waals surface area (Å²) >= 11 is 0. The van der Waals surface area contributed by atoms with Crippen LogP contribution in [0.4, 0.5) is 10.5 Å². The van der Waals surface area contributed by atoms with Crippen LogP contribution in [0.5, 0.6) is 5.75 Å². The number of rotatable bonds is 5. The van der Waals surface area contributed by atoms with Gasteiger partial charge in [-0.05, 0) is 96.9 Å². The highest BCUT2D eigenvalue weighted by molar-refractivity contribution is 5.93. The SMILES string of the molecule is COc1ccc(C2CCN(C(=O)Nc3ccc4cc(CN5CCCC5)ccc4c3)CC2)cc1. The minimum atomic E-state index is -0.00631. The summed E-state index contributed by atoms with van der Waals surface area (Å²) in [4.78, 5) is 17.3. The number of benzene rings is 3. The first-order chi connectivity index (χ1) is 16.2. The zero-order valence-electron chi connectivity index (χ0n) is 19.4. The number of amides is 2. The number of piperidine rings is 1. The summed E-state index contributed by atoms with van der Waals surface area (Å²) in [7, 11) is 1.69. The highest BCUT2D eigenvalue weighted by atomic mass is 16.5. The Balaban J connectivity index is 1.17. The Kier molecular flexibility index (Phi) is 6.49. The van der Waals surface area contributed by atoms with Crippen molar-refractivity contribution in [1.82, 2.24) is 9.80 Å². The molecule has 0 unspecified atom stereocenters. The molecule has 3 aromatic carbocycles. The Bertz CT molecular complexity index is 1100. The van der Waals surface area contributed by atoms with E-state index in [9.17, 15) is 4.79 Å². The minimum Gasteiger partial charge on any atom is -0.497 e. The van der Waals surface area contributed by atoms with Crippen molar-refractivity contribution in [3.8, 4) is 5.75 Å². The van der Waals surface area contributed by atoms with E-state index in [1.165, 1.54) is 42.4 Å². The first-order valence-electron chi connectivity index (χ1n) is 12.1. The van der Waals surface area contributed by atoms with Crippen LogP contribution in [0.3, 0.4) is 0 Å². The molecule has 0 bridgehead atoms. The summed E-state index contributed by atoms with van der Waals surface area (Å²) in [5.74, 6) is 1.38. The molecule has 0 radical (unpaired) electrons. The number of fused-ring (bicyclic) bond motifs is 1. The second-order valence-electron chi connectivity index (χ2n) is 9.34. The normalized spacial score (nSPS) is 17.4. The van der Waals surface area contributed by atoms with Crippen molar-refractivity contribution in [3.05, 3.63) is 71.8 Å². The van der Waals surface area contributed by atoms with Crippen molar-refractivity contribution in [2.24, 2.45) is 0 Å². The summed E-state index contributed by atoms with van der Waals surface area (Å²) in [6.07, 6.45) is 4.60. The number of ether oxygens (including phenoxy) is 1. The molecule has 33 heavy (non-hydrogen) atoms. The molecular formula is C28H33N3O2. The van der Waals surface area contributed by atoms with Gasteiger partial charge in [0, 0.05) is 25.3 Å². The Morgan fingerprint density at radius 1 is 0.909 bits per heavy atom. The van der Waals surface area contributed by atoms with E-state index in [4.69, 9.17) is 4.74 Å². The number of methoxy groups -OCH3 is 1. The molecule has 1 N–H and O–H groups in total. The quantitative estimate of drug-likeness (QED) is 0.537. The lowest BCUT2D eigenvalue weighted by molar-refractivity contribution is 0.194. The van der Waals surface area contributed by atoms with Gasteiger partial charge in [0.25, 0.3) is 0 Å². The summed E-state index contributed by atoms with van der Waals surface area (Å²) in [6.45, 7) is 4.99. The topological polar surface area (TPSA) is 44.8 Å². The number of carbonyl (C=O) groups excluding carboxylic acids is 1. The molecule has 2 saturated heterocycles. The lowest BCUT2D eigenvalue weighted by Gasteiger charge is -2.32. The summed E-state index contributed by atoms with van der Waals surface area (Å²) in [5.41, 5.74) is 3.55. The molecule has 0 aromatic heterocycles. The number of carbonyl (C=O) groups is 1. The molecule has 5 nitrogen and oxygen atoms in total. The van der Waals surface area contributed by atoms with E-state index >= 15 is 0 Å². The predicted molar refractivity (Wildman–Crippen MR) is 134 cm³/mol. The van der Waals surface area contributed by atoms with Crippen molar-refractivity contribution < 1.29 is 9.53 Å². The van der Waals surface area contributed by atoms with Crippen molar-refractivity contribution in [3.63, 3.8) is 0 Å². The van der Waals surface area contributed by atoms with Crippen molar-refractivity contribution >= 4 is 22.5 Å². The number of urea groups is 1. The Hall–Kier alpha value is -3.05. The minimum absolute atomic E-state index is 0.00631. The molecule has 0 aliphatic carbocycles. The number of likely N-dealkylation sites (tertiary alicyclic amines) is 2. The monoisotopic (exact) mass is 443 g/mol. The van der Waals surface area contributed by atoms with Gasteiger partial charge in [0.2, 0.25) is 0 Å². The van der Waals surface area contributed by atoms with E-state index in [1.807, 2.05) is 23.1 Å². The molecule has 5 heteroatoms. The largest absolute Gasteiger partial charge is 0.497 e. The summed E-state index contributed by atoms with van der Waals surface area (Å²) in [6, 6.07) is 21.2. The van der Waals surface area contributed by atoms with Gasteiger partial charge in [0.1, 0.15) is 5.75 Å². The van der Waals surface area contributed by atoms with Crippen LogP contribution < -0.4 is 10.1 Å². The fraction of sp³-hybridized carbons (Fsp3) is 0.393. The zero-order valence-corrected chi connectivity index (χ0v) is 19.4. The van der Waals surface area contributed by atoms with Gasteiger partial charge in [0.05, 0.1) is 7.11 Å². The molecule has 2 aliphatic rings.